The minimum Gasteiger partial charge on any atom is -0.548 e. The second kappa shape index (κ2) is 15.8. The van der Waals surface area contributed by atoms with Gasteiger partial charge in [0.25, 0.3) is 0 Å². The molecule has 0 amide bonds. The molecule has 0 radical (unpaired) electrons. The summed E-state index contributed by atoms with van der Waals surface area (Å²) in [7, 11) is 0. The molecule has 4 heteroatoms. The topological polar surface area (TPSA) is 52.2 Å². The summed E-state index contributed by atoms with van der Waals surface area (Å²) in [4.78, 5) is 10.9. The number of hydrogen-bond acceptors (Lipinski definition) is 3. The summed E-state index contributed by atoms with van der Waals surface area (Å²) in [5, 5.41) is 13.9. The molecule has 20 heavy (non-hydrogen) atoms. The van der Waals surface area contributed by atoms with Gasteiger partial charge in [0.15, 0.2) is 0 Å². The van der Waals surface area contributed by atoms with Crippen LogP contribution in [-0.2, 0) is 4.79 Å². The Morgan fingerprint density at radius 1 is 0.950 bits per heavy atom. The fourth-order valence-electron chi connectivity index (χ4n) is 2.28. The van der Waals surface area contributed by atoms with Crippen LogP contribution in [0.15, 0.2) is 0 Å². The standard InChI is InChI=1S/C16H33NO2.Na/c1-4-5-6-7-8-9-10-11-12-13-17-15(14(2)3)16(18)19;/h14-15,17H,4-13H2,1-3H3,(H,18,19);/q;+1/p-1/t15-;/m0./s1. The van der Waals surface area contributed by atoms with E-state index in [1.54, 1.807) is 0 Å². The van der Waals surface area contributed by atoms with Crippen molar-refractivity contribution in [2.75, 3.05) is 6.54 Å². The van der Waals surface area contributed by atoms with E-state index in [0.29, 0.717) is 0 Å². The molecule has 0 saturated heterocycles. The maximum Gasteiger partial charge on any atom is 1.00 e. The fourth-order valence-corrected chi connectivity index (χ4v) is 2.28. The van der Waals surface area contributed by atoms with Gasteiger partial charge < -0.3 is 15.2 Å². The van der Waals surface area contributed by atoms with Crippen molar-refractivity contribution >= 4 is 5.97 Å². The maximum absolute atomic E-state index is 10.9. The molecule has 0 aromatic rings. The predicted molar refractivity (Wildman–Crippen MR) is 78.9 cm³/mol. The van der Waals surface area contributed by atoms with Crippen LogP contribution < -0.4 is 40.0 Å². The van der Waals surface area contributed by atoms with Crippen LogP contribution in [0.25, 0.3) is 0 Å². The van der Waals surface area contributed by atoms with Crippen molar-refractivity contribution in [3.63, 3.8) is 0 Å². The molecule has 0 aliphatic heterocycles. The molecule has 0 heterocycles. The van der Waals surface area contributed by atoms with Crippen molar-refractivity contribution in [1.29, 1.82) is 0 Å². The van der Waals surface area contributed by atoms with Crippen LogP contribution in [0.1, 0.15) is 78.6 Å². The molecule has 114 valence electrons. The van der Waals surface area contributed by atoms with Gasteiger partial charge in [-0.1, -0.05) is 72.1 Å². The van der Waals surface area contributed by atoms with Crippen LogP contribution in [0.5, 0.6) is 0 Å². The number of aliphatic carboxylic acids is 1. The molecule has 0 aliphatic rings. The first-order valence-corrected chi connectivity index (χ1v) is 8.03. The Hall–Kier alpha value is 0.430. The molecule has 1 atom stereocenters. The van der Waals surface area contributed by atoms with Crippen molar-refractivity contribution in [1.82, 2.24) is 5.32 Å². The van der Waals surface area contributed by atoms with Crippen LogP contribution in [0.3, 0.4) is 0 Å². The van der Waals surface area contributed by atoms with Crippen molar-refractivity contribution < 1.29 is 39.5 Å². The van der Waals surface area contributed by atoms with E-state index in [1.165, 1.54) is 51.4 Å². The van der Waals surface area contributed by atoms with Crippen LogP contribution in [0.2, 0.25) is 0 Å². The van der Waals surface area contributed by atoms with E-state index in [4.69, 9.17) is 0 Å². The van der Waals surface area contributed by atoms with E-state index >= 15 is 0 Å². The van der Waals surface area contributed by atoms with E-state index in [1.807, 2.05) is 13.8 Å². The average Bonchev–Trinajstić information content (AvgIpc) is 2.35. The summed E-state index contributed by atoms with van der Waals surface area (Å²) in [6.07, 6.45) is 11.6. The Morgan fingerprint density at radius 2 is 1.40 bits per heavy atom. The largest absolute Gasteiger partial charge is 1.00 e. The monoisotopic (exact) mass is 293 g/mol. The Kier molecular flexibility index (Phi) is 18.0. The van der Waals surface area contributed by atoms with Crippen molar-refractivity contribution in [2.24, 2.45) is 5.92 Å². The van der Waals surface area contributed by atoms with Crippen molar-refractivity contribution in [3.05, 3.63) is 0 Å². The van der Waals surface area contributed by atoms with E-state index < -0.39 is 12.0 Å². The van der Waals surface area contributed by atoms with Crippen LogP contribution in [0, 0.1) is 5.92 Å². The van der Waals surface area contributed by atoms with Gasteiger partial charge in [0, 0.05) is 6.04 Å². The molecule has 0 saturated carbocycles. The van der Waals surface area contributed by atoms with Gasteiger partial charge in [-0.15, -0.1) is 0 Å². The molecule has 0 aromatic heterocycles. The van der Waals surface area contributed by atoms with E-state index in [-0.39, 0.29) is 35.5 Å². The molecule has 3 nitrogen and oxygen atoms in total. The smallest absolute Gasteiger partial charge is 0.548 e. The number of nitrogens with one attached hydrogen (secondary N) is 1. The second-order valence-electron chi connectivity index (χ2n) is 5.82. The number of hydrogen-bond donors (Lipinski definition) is 1. The molecule has 0 fully saturated rings. The Labute approximate surface area is 147 Å². The number of rotatable bonds is 13. The summed E-state index contributed by atoms with van der Waals surface area (Å²) >= 11 is 0. The first-order chi connectivity index (χ1) is 9.09. The third-order valence-electron chi connectivity index (χ3n) is 3.57. The zero-order valence-electron chi connectivity index (χ0n) is 14.0. The SMILES string of the molecule is CCCCCCCCCCCN[C@H](C(=O)[O-])C(C)C.[Na+]. The number of carbonyl (C=O) groups is 1. The van der Waals surface area contributed by atoms with E-state index in [2.05, 4.69) is 12.2 Å². The Balaban J connectivity index is 0. The zero-order valence-corrected chi connectivity index (χ0v) is 16.0. The van der Waals surface area contributed by atoms with Crippen LogP contribution >= 0.6 is 0 Å². The minimum absolute atomic E-state index is 0. The predicted octanol–water partition coefficient (Wildman–Crippen LogP) is -0.115. The third kappa shape index (κ3) is 13.4. The molecule has 0 rings (SSSR count). The number of carbonyl (C=O) groups excluding carboxylic acids is 1. The zero-order chi connectivity index (χ0) is 14.5. The first kappa shape index (κ1) is 22.7. The maximum atomic E-state index is 10.9. The molecule has 0 bridgehead atoms. The van der Waals surface area contributed by atoms with E-state index in [0.717, 1.165) is 13.0 Å². The van der Waals surface area contributed by atoms with Crippen molar-refractivity contribution in [3.8, 4) is 0 Å². The van der Waals surface area contributed by atoms with Crippen LogP contribution in [0.4, 0.5) is 0 Å². The Morgan fingerprint density at radius 3 is 1.80 bits per heavy atom. The quantitative estimate of drug-likeness (QED) is 0.381. The molecular formula is C16H32NNaO2. The Bertz CT molecular complexity index is 223. The van der Waals surface area contributed by atoms with Gasteiger partial charge >= 0.3 is 29.6 Å². The first-order valence-electron chi connectivity index (χ1n) is 8.03. The summed E-state index contributed by atoms with van der Waals surface area (Å²) in [6.45, 7) is 6.84. The number of carboxylic acid groups (broad SMARTS) is 1. The van der Waals surface area contributed by atoms with Gasteiger partial charge in [0.1, 0.15) is 0 Å². The van der Waals surface area contributed by atoms with Gasteiger partial charge in [-0.3, -0.25) is 0 Å². The van der Waals surface area contributed by atoms with Gasteiger partial charge in [-0.05, 0) is 18.9 Å². The van der Waals surface area contributed by atoms with Crippen LogP contribution in [-0.4, -0.2) is 18.6 Å². The van der Waals surface area contributed by atoms with E-state index in [9.17, 15) is 9.90 Å². The molecule has 0 aliphatic carbocycles. The third-order valence-corrected chi connectivity index (χ3v) is 3.57. The fraction of sp³-hybridized carbons (Fsp3) is 0.938. The average molecular weight is 293 g/mol. The number of unbranched alkanes of at least 4 members (excludes halogenated alkanes) is 8. The second-order valence-corrected chi connectivity index (χ2v) is 5.82. The van der Waals surface area contributed by atoms with Gasteiger partial charge in [-0.2, -0.15) is 0 Å². The van der Waals surface area contributed by atoms with Gasteiger partial charge in [0.05, 0.1) is 5.97 Å². The normalized spacial score (nSPS) is 12.2. The molecule has 0 unspecified atom stereocenters. The number of carboxylic acids is 1. The van der Waals surface area contributed by atoms with Gasteiger partial charge in [0.2, 0.25) is 0 Å². The molecular weight excluding hydrogens is 261 g/mol. The van der Waals surface area contributed by atoms with Gasteiger partial charge in [-0.25, -0.2) is 0 Å². The molecule has 0 spiro atoms. The summed E-state index contributed by atoms with van der Waals surface area (Å²) in [6, 6.07) is -0.506. The van der Waals surface area contributed by atoms with Crippen molar-refractivity contribution in [2.45, 2.75) is 84.6 Å². The minimum atomic E-state index is -0.981. The summed E-state index contributed by atoms with van der Waals surface area (Å²) < 4.78 is 0. The summed E-state index contributed by atoms with van der Waals surface area (Å²) in [5.74, 6) is -0.894. The molecule has 0 aromatic carbocycles. The summed E-state index contributed by atoms with van der Waals surface area (Å²) in [5.41, 5.74) is 0. The molecule has 1 N–H and O–H groups in total.